The molecular formula is C19H20N4O2. The van der Waals surface area contributed by atoms with Gasteiger partial charge >= 0.3 is 0 Å². The average molecular weight is 336 g/mol. The SMILES string of the molecule is CCCNC(=O)c1nc(C(=O)N(C)c2ccccc2)n2ccccc12. The topological polar surface area (TPSA) is 66.7 Å². The molecule has 0 spiro atoms. The number of para-hydroxylation sites is 1. The van der Waals surface area contributed by atoms with Crippen LogP contribution in [0.3, 0.4) is 0 Å². The van der Waals surface area contributed by atoms with E-state index in [1.54, 1.807) is 23.7 Å². The van der Waals surface area contributed by atoms with Gasteiger partial charge in [0.1, 0.15) is 0 Å². The number of benzene rings is 1. The van der Waals surface area contributed by atoms with Gasteiger partial charge in [-0.15, -0.1) is 0 Å². The van der Waals surface area contributed by atoms with Crippen molar-refractivity contribution in [3.63, 3.8) is 0 Å². The van der Waals surface area contributed by atoms with E-state index in [0.717, 1.165) is 12.1 Å². The zero-order chi connectivity index (χ0) is 17.8. The number of pyridine rings is 1. The van der Waals surface area contributed by atoms with E-state index < -0.39 is 0 Å². The highest BCUT2D eigenvalue weighted by atomic mass is 16.2. The van der Waals surface area contributed by atoms with Crippen LogP contribution in [0.2, 0.25) is 0 Å². The van der Waals surface area contributed by atoms with Crippen molar-refractivity contribution in [3.8, 4) is 0 Å². The first kappa shape index (κ1) is 16.7. The summed E-state index contributed by atoms with van der Waals surface area (Å²) in [5, 5.41) is 2.81. The number of hydrogen-bond donors (Lipinski definition) is 1. The third-order valence-corrected chi connectivity index (χ3v) is 3.94. The van der Waals surface area contributed by atoms with Crippen molar-refractivity contribution in [2.45, 2.75) is 13.3 Å². The lowest BCUT2D eigenvalue weighted by molar-refractivity contribution is 0.0951. The van der Waals surface area contributed by atoms with E-state index in [4.69, 9.17) is 0 Å². The Balaban J connectivity index is 2.02. The first-order valence-electron chi connectivity index (χ1n) is 8.22. The highest BCUT2D eigenvalue weighted by molar-refractivity contribution is 6.07. The van der Waals surface area contributed by atoms with Crippen molar-refractivity contribution in [2.75, 3.05) is 18.5 Å². The molecule has 1 aromatic carbocycles. The molecule has 0 aliphatic carbocycles. The van der Waals surface area contributed by atoms with Gasteiger partial charge in [0.25, 0.3) is 11.8 Å². The summed E-state index contributed by atoms with van der Waals surface area (Å²) in [6, 6.07) is 14.7. The quantitative estimate of drug-likeness (QED) is 0.779. The molecule has 2 heterocycles. The van der Waals surface area contributed by atoms with Gasteiger partial charge in [-0.1, -0.05) is 31.2 Å². The number of carbonyl (C=O) groups is 2. The summed E-state index contributed by atoms with van der Waals surface area (Å²) in [5.41, 5.74) is 1.64. The Morgan fingerprint density at radius 1 is 1.12 bits per heavy atom. The Morgan fingerprint density at radius 3 is 2.56 bits per heavy atom. The molecule has 0 atom stereocenters. The Kier molecular flexibility index (Phi) is 4.79. The zero-order valence-corrected chi connectivity index (χ0v) is 14.3. The van der Waals surface area contributed by atoms with Crippen LogP contribution in [-0.2, 0) is 0 Å². The zero-order valence-electron chi connectivity index (χ0n) is 14.3. The summed E-state index contributed by atoms with van der Waals surface area (Å²) >= 11 is 0. The van der Waals surface area contributed by atoms with Crippen molar-refractivity contribution in [2.24, 2.45) is 0 Å². The van der Waals surface area contributed by atoms with Crippen molar-refractivity contribution >= 4 is 23.0 Å². The molecule has 6 heteroatoms. The lowest BCUT2D eigenvalue weighted by Gasteiger charge is -2.16. The molecule has 3 rings (SSSR count). The number of amides is 2. The van der Waals surface area contributed by atoms with Crippen LogP contribution in [0.1, 0.15) is 34.5 Å². The summed E-state index contributed by atoms with van der Waals surface area (Å²) in [6.07, 6.45) is 2.57. The predicted octanol–water partition coefficient (Wildman–Crippen LogP) is 2.75. The lowest BCUT2D eigenvalue weighted by Crippen LogP contribution is -2.28. The van der Waals surface area contributed by atoms with Crippen LogP contribution in [-0.4, -0.2) is 34.8 Å². The first-order valence-corrected chi connectivity index (χ1v) is 8.22. The normalized spacial score (nSPS) is 10.6. The molecule has 0 fully saturated rings. The summed E-state index contributed by atoms with van der Waals surface area (Å²) in [6.45, 7) is 2.55. The number of nitrogens with one attached hydrogen (secondary N) is 1. The number of fused-ring (bicyclic) bond motifs is 1. The second-order valence-corrected chi connectivity index (χ2v) is 5.70. The van der Waals surface area contributed by atoms with Crippen LogP contribution in [0.25, 0.3) is 5.52 Å². The summed E-state index contributed by atoms with van der Waals surface area (Å²) in [4.78, 5) is 31.2. The summed E-state index contributed by atoms with van der Waals surface area (Å²) in [5.74, 6) is -0.336. The maximum absolute atomic E-state index is 12.9. The van der Waals surface area contributed by atoms with E-state index in [1.807, 2.05) is 49.4 Å². The van der Waals surface area contributed by atoms with E-state index in [0.29, 0.717) is 12.1 Å². The van der Waals surface area contributed by atoms with E-state index in [9.17, 15) is 9.59 Å². The molecule has 128 valence electrons. The standard InChI is InChI=1S/C19H20N4O2/c1-3-12-20-18(24)16-15-11-7-8-13-23(15)17(21-16)19(25)22(2)14-9-5-4-6-10-14/h4-11,13H,3,12H2,1-2H3,(H,20,24). The molecule has 6 nitrogen and oxygen atoms in total. The molecule has 3 aromatic rings. The third kappa shape index (κ3) is 3.24. The fraction of sp³-hybridized carbons (Fsp3) is 0.211. The second kappa shape index (κ2) is 7.17. The lowest BCUT2D eigenvalue weighted by atomic mass is 10.3. The minimum Gasteiger partial charge on any atom is -0.351 e. The van der Waals surface area contributed by atoms with E-state index in [2.05, 4.69) is 10.3 Å². The maximum Gasteiger partial charge on any atom is 0.294 e. The number of carbonyl (C=O) groups excluding carboxylic acids is 2. The number of imidazole rings is 1. The van der Waals surface area contributed by atoms with E-state index in [1.165, 1.54) is 4.90 Å². The molecule has 25 heavy (non-hydrogen) atoms. The van der Waals surface area contributed by atoms with Crippen molar-refractivity contribution < 1.29 is 9.59 Å². The van der Waals surface area contributed by atoms with Gasteiger partial charge in [-0.05, 0) is 30.7 Å². The highest BCUT2D eigenvalue weighted by Crippen LogP contribution is 2.18. The highest BCUT2D eigenvalue weighted by Gasteiger charge is 2.24. The fourth-order valence-corrected chi connectivity index (χ4v) is 2.60. The molecule has 2 amide bonds. The number of rotatable bonds is 5. The first-order chi connectivity index (χ1) is 12.1. The van der Waals surface area contributed by atoms with Crippen LogP contribution < -0.4 is 10.2 Å². The molecule has 0 radical (unpaired) electrons. The van der Waals surface area contributed by atoms with E-state index in [-0.39, 0.29) is 23.3 Å². The Labute approximate surface area is 146 Å². The Bertz CT molecular complexity index is 902. The minimum absolute atomic E-state index is 0.212. The molecule has 0 aliphatic rings. The molecule has 0 unspecified atom stereocenters. The fourth-order valence-electron chi connectivity index (χ4n) is 2.60. The van der Waals surface area contributed by atoms with E-state index >= 15 is 0 Å². The van der Waals surface area contributed by atoms with Gasteiger partial charge in [-0.25, -0.2) is 4.98 Å². The third-order valence-electron chi connectivity index (χ3n) is 3.94. The molecule has 1 N–H and O–H groups in total. The van der Waals surface area contributed by atoms with Crippen LogP contribution in [0, 0.1) is 0 Å². The second-order valence-electron chi connectivity index (χ2n) is 5.70. The molecule has 0 saturated heterocycles. The van der Waals surface area contributed by atoms with Gasteiger partial charge in [0.05, 0.1) is 5.52 Å². The number of aromatic nitrogens is 2. The van der Waals surface area contributed by atoms with Crippen LogP contribution >= 0.6 is 0 Å². The summed E-state index contributed by atoms with van der Waals surface area (Å²) < 4.78 is 1.66. The monoisotopic (exact) mass is 336 g/mol. The molecule has 0 saturated carbocycles. The van der Waals surface area contributed by atoms with Crippen molar-refractivity contribution in [1.29, 1.82) is 0 Å². The van der Waals surface area contributed by atoms with Gasteiger partial charge in [-0.3, -0.25) is 14.0 Å². The van der Waals surface area contributed by atoms with Gasteiger partial charge in [0.15, 0.2) is 5.69 Å². The number of hydrogen-bond acceptors (Lipinski definition) is 3. The molecular weight excluding hydrogens is 316 g/mol. The molecule has 0 bridgehead atoms. The van der Waals surface area contributed by atoms with Crippen LogP contribution in [0.15, 0.2) is 54.7 Å². The Morgan fingerprint density at radius 2 is 1.84 bits per heavy atom. The van der Waals surface area contributed by atoms with Gasteiger partial charge < -0.3 is 10.2 Å². The van der Waals surface area contributed by atoms with Crippen LogP contribution in [0.4, 0.5) is 5.69 Å². The predicted molar refractivity (Wildman–Crippen MR) is 97.0 cm³/mol. The summed E-state index contributed by atoms with van der Waals surface area (Å²) in [7, 11) is 1.69. The minimum atomic E-state index is -0.276. The molecule has 2 aromatic heterocycles. The molecule has 0 aliphatic heterocycles. The van der Waals surface area contributed by atoms with Crippen molar-refractivity contribution in [3.05, 3.63) is 66.2 Å². The van der Waals surface area contributed by atoms with Gasteiger partial charge in [-0.2, -0.15) is 0 Å². The van der Waals surface area contributed by atoms with Gasteiger partial charge in [0.2, 0.25) is 5.82 Å². The number of nitrogens with zero attached hydrogens (tertiary/aromatic N) is 3. The average Bonchev–Trinajstić information content (AvgIpc) is 3.05. The van der Waals surface area contributed by atoms with Gasteiger partial charge in [0, 0.05) is 25.5 Å². The van der Waals surface area contributed by atoms with Crippen LogP contribution in [0.5, 0.6) is 0 Å². The Hall–Kier alpha value is -3.15. The maximum atomic E-state index is 12.9. The smallest absolute Gasteiger partial charge is 0.294 e. The number of anilines is 1. The largest absolute Gasteiger partial charge is 0.351 e. The van der Waals surface area contributed by atoms with Crippen molar-refractivity contribution in [1.82, 2.24) is 14.7 Å².